The first-order valence-corrected chi connectivity index (χ1v) is 13.0. The number of hydrogen-bond donors (Lipinski definition) is 0. The van der Waals surface area contributed by atoms with Crippen molar-refractivity contribution in [2.75, 3.05) is 19.0 Å². The van der Waals surface area contributed by atoms with E-state index in [0.29, 0.717) is 0 Å². The second-order valence-corrected chi connectivity index (χ2v) is 12.1. The molecule has 0 atom stereocenters. The zero-order chi connectivity index (χ0) is 26.4. The summed E-state index contributed by atoms with van der Waals surface area (Å²) in [5, 5.41) is 0. The molecule has 0 aliphatic carbocycles. The minimum absolute atomic E-state index is 0. The summed E-state index contributed by atoms with van der Waals surface area (Å²) in [5.74, 6) is 0. The molecule has 2 aromatic rings. The van der Waals surface area contributed by atoms with Gasteiger partial charge in [0.1, 0.15) is 7.05 Å². The van der Waals surface area contributed by atoms with Crippen molar-refractivity contribution < 1.29 is 4.58 Å². The fourth-order valence-electron chi connectivity index (χ4n) is 7.16. The summed E-state index contributed by atoms with van der Waals surface area (Å²) in [6, 6.07) is 0. The van der Waals surface area contributed by atoms with Crippen LogP contribution < -0.4 is 4.90 Å². The minimum Gasteiger partial charge on any atom is -0.347 e. The lowest BCUT2D eigenvalue weighted by atomic mass is 9.76. The zero-order valence-corrected chi connectivity index (χ0v) is 24.6. The summed E-state index contributed by atoms with van der Waals surface area (Å²) in [5.41, 5.74) is 19.8. The van der Waals surface area contributed by atoms with E-state index >= 15 is 0 Å². The largest absolute Gasteiger partial charge is 0.347 e. The molecule has 0 bridgehead atoms. The van der Waals surface area contributed by atoms with E-state index < -0.39 is 0 Å². The third-order valence-electron chi connectivity index (χ3n) is 9.74. The summed E-state index contributed by atoms with van der Waals surface area (Å²) in [6.45, 7) is 27.7. The topological polar surface area (TPSA) is 6.25 Å². The van der Waals surface area contributed by atoms with Crippen molar-refractivity contribution in [1.82, 2.24) is 0 Å². The van der Waals surface area contributed by atoms with Gasteiger partial charge in [0.05, 0.1) is 5.41 Å². The smallest absolute Gasteiger partial charge is 0.213 e. The maximum absolute atomic E-state index is 2.43. The van der Waals surface area contributed by atoms with Gasteiger partial charge in [-0.1, -0.05) is 27.4 Å². The van der Waals surface area contributed by atoms with Crippen LogP contribution in [0, 0.1) is 55.4 Å². The van der Waals surface area contributed by atoms with Gasteiger partial charge in [0.25, 0.3) is 0 Å². The number of nitrogens with zero attached hydrogens (tertiary/aromatic N) is 2. The molecule has 0 aromatic heterocycles. The Hall–Kier alpha value is -2.61. The molecule has 194 valence electrons. The zero-order valence-electron chi connectivity index (χ0n) is 24.6. The average Bonchev–Trinajstić information content (AvgIpc) is 3.11. The molecule has 2 nitrogen and oxygen atoms in total. The average molecular weight is 486 g/mol. The van der Waals surface area contributed by atoms with Crippen LogP contribution in [0.1, 0.15) is 90.8 Å². The first-order chi connectivity index (χ1) is 16.1. The summed E-state index contributed by atoms with van der Waals surface area (Å²) in [6.07, 6.45) is 6.98. The molecule has 0 unspecified atom stereocenters. The van der Waals surface area contributed by atoms with Crippen molar-refractivity contribution >= 4 is 17.1 Å². The monoisotopic (exact) mass is 485 g/mol. The van der Waals surface area contributed by atoms with Crippen LogP contribution in [0.15, 0.2) is 23.9 Å². The fourth-order valence-corrected chi connectivity index (χ4v) is 7.16. The Morgan fingerprint density at radius 2 is 1.11 bits per heavy atom. The molecule has 0 radical (unpaired) electrons. The van der Waals surface area contributed by atoms with Crippen LogP contribution in [0.25, 0.3) is 0 Å². The highest BCUT2D eigenvalue weighted by Gasteiger charge is 2.46. The van der Waals surface area contributed by atoms with Crippen LogP contribution in [0.5, 0.6) is 0 Å². The molecule has 36 heavy (non-hydrogen) atoms. The van der Waals surface area contributed by atoms with Crippen molar-refractivity contribution in [3.05, 3.63) is 79.6 Å². The van der Waals surface area contributed by atoms with E-state index in [-0.39, 0.29) is 18.3 Å². The van der Waals surface area contributed by atoms with E-state index in [0.717, 1.165) is 0 Å². The van der Waals surface area contributed by atoms with E-state index in [1.54, 1.807) is 0 Å². The second-order valence-electron chi connectivity index (χ2n) is 12.1. The van der Waals surface area contributed by atoms with Crippen LogP contribution in [0.4, 0.5) is 11.4 Å². The maximum Gasteiger partial charge on any atom is 0.213 e. The maximum atomic E-state index is 2.43. The normalized spacial score (nSPS) is 18.8. The van der Waals surface area contributed by atoms with Crippen LogP contribution in [0.3, 0.4) is 0 Å². The van der Waals surface area contributed by atoms with Crippen LogP contribution in [0.2, 0.25) is 0 Å². The summed E-state index contributed by atoms with van der Waals surface area (Å²) in [7, 11) is 4.47. The van der Waals surface area contributed by atoms with Gasteiger partial charge in [-0.15, -0.1) is 0 Å². The number of fused-ring (bicyclic) bond motifs is 2. The Bertz CT molecular complexity index is 1370. The highest BCUT2D eigenvalue weighted by atomic mass is 15.2. The first-order valence-electron chi connectivity index (χ1n) is 13.0. The molecule has 2 heterocycles. The molecule has 0 N–H and O–H groups in total. The Labute approximate surface area is 221 Å². The van der Waals surface area contributed by atoms with Gasteiger partial charge >= 0.3 is 0 Å². The van der Waals surface area contributed by atoms with Crippen molar-refractivity contribution in [3.63, 3.8) is 0 Å². The molecule has 2 aliphatic rings. The lowest BCUT2D eigenvalue weighted by Gasteiger charge is -2.25. The van der Waals surface area contributed by atoms with Crippen LogP contribution in [-0.4, -0.2) is 24.4 Å². The highest BCUT2D eigenvalue weighted by molar-refractivity contribution is 6.04. The summed E-state index contributed by atoms with van der Waals surface area (Å²) >= 11 is 0. The van der Waals surface area contributed by atoms with E-state index in [4.69, 9.17) is 0 Å². The predicted octanol–water partition coefficient (Wildman–Crippen LogP) is 8.66. The molecule has 4 rings (SSSR count). The molecule has 0 saturated carbocycles. The van der Waals surface area contributed by atoms with Gasteiger partial charge in [0.15, 0.2) is 5.71 Å². The van der Waals surface area contributed by atoms with E-state index in [1.165, 1.54) is 78.4 Å². The van der Waals surface area contributed by atoms with E-state index in [9.17, 15) is 0 Å². The molecule has 2 aromatic carbocycles. The molecule has 0 amide bonds. The van der Waals surface area contributed by atoms with Crippen LogP contribution in [-0.2, 0) is 10.8 Å². The minimum atomic E-state index is -0.0339. The summed E-state index contributed by atoms with van der Waals surface area (Å²) < 4.78 is 2.43. The number of rotatable bonds is 2. The molecule has 2 heteroatoms. The fraction of sp³-hybridized carbons (Fsp3) is 0.500. The van der Waals surface area contributed by atoms with Gasteiger partial charge in [-0.3, -0.25) is 0 Å². The van der Waals surface area contributed by atoms with Gasteiger partial charge in [0.2, 0.25) is 5.69 Å². The standard InChI is InChI=1S/C33H45N2.CH4/c1-18-20(3)24(7)30-28(22(18)5)32(9,10)26(34(30)13)16-15-17-27-33(11,12)29-23(6)19(2)21(4)25(8)31(29)35(27)14;/h15-17H,1-14H3;1H4/q+1;. The molecule has 0 fully saturated rings. The van der Waals surface area contributed by atoms with E-state index in [1.807, 2.05) is 0 Å². The molecular formula is C34H49N2+. The molecule has 0 saturated heterocycles. The number of allylic oxidation sites excluding steroid dienone is 4. The van der Waals surface area contributed by atoms with Crippen LogP contribution >= 0.6 is 0 Å². The SMILES string of the molecule is C.Cc1c(C)c(C)c2c(c1C)N(C)C(=CC=CC1=[N+](C)c3c(C)c(C)c(C)c(C)c3C1(C)C)C2(C)C. The lowest BCUT2D eigenvalue weighted by Crippen LogP contribution is -2.27. The quantitative estimate of drug-likeness (QED) is 0.386. The van der Waals surface area contributed by atoms with Gasteiger partial charge < -0.3 is 4.90 Å². The molecular weight excluding hydrogens is 436 g/mol. The van der Waals surface area contributed by atoms with Crippen molar-refractivity contribution in [2.45, 2.75) is 101 Å². The third kappa shape index (κ3) is 3.47. The third-order valence-corrected chi connectivity index (χ3v) is 9.74. The van der Waals surface area contributed by atoms with Gasteiger partial charge in [-0.2, -0.15) is 4.58 Å². The Morgan fingerprint density at radius 1 is 0.639 bits per heavy atom. The van der Waals surface area contributed by atoms with Crippen molar-refractivity contribution in [1.29, 1.82) is 0 Å². The van der Waals surface area contributed by atoms with Crippen molar-refractivity contribution in [2.24, 2.45) is 0 Å². The Balaban J connectivity index is 0.00000361. The molecule has 2 aliphatic heterocycles. The number of benzene rings is 2. The van der Waals surface area contributed by atoms with Gasteiger partial charge in [0, 0.05) is 41.1 Å². The molecule has 0 spiro atoms. The number of hydrogen-bond acceptors (Lipinski definition) is 1. The Morgan fingerprint density at radius 3 is 1.67 bits per heavy atom. The lowest BCUT2D eigenvalue weighted by molar-refractivity contribution is -0.402. The van der Waals surface area contributed by atoms with Gasteiger partial charge in [-0.05, 0) is 120 Å². The van der Waals surface area contributed by atoms with Crippen molar-refractivity contribution in [3.8, 4) is 0 Å². The highest BCUT2D eigenvalue weighted by Crippen LogP contribution is 2.51. The first kappa shape index (κ1) is 28.0. The number of anilines is 1. The second kappa shape index (κ2) is 8.75. The Kier molecular flexibility index (Phi) is 6.80. The summed E-state index contributed by atoms with van der Waals surface area (Å²) in [4.78, 5) is 2.43. The van der Waals surface area contributed by atoms with E-state index in [2.05, 4.69) is 125 Å². The van der Waals surface area contributed by atoms with Gasteiger partial charge in [-0.25, -0.2) is 0 Å². The number of likely N-dealkylation sites (N-methyl/N-ethyl adjacent to an activating group) is 1. The predicted molar refractivity (Wildman–Crippen MR) is 160 cm³/mol.